The summed E-state index contributed by atoms with van der Waals surface area (Å²) in [5, 5.41) is 1.84. The van der Waals surface area contributed by atoms with Gasteiger partial charge in [0.2, 0.25) is 0 Å². The molecule has 106 valence electrons. The second-order valence-electron chi connectivity index (χ2n) is 4.57. The molecule has 1 fully saturated rings. The number of rotatable bonds is 2. The summed E-state index contributed by atoms with van der Waals surface area (Å²) in [6.45, 7) is 3.13. The molecule has 1 aliphatic rings. The predicted molar refractivity (Wildman–Crippen MR) is 66.3 cm³/mol. The third-order valence-electron chi connectivity index (χ3n) is 2.95. The number of aromatic nitrogens is 1. The molecule has 0 amide bonds. The first-order valence-electron chi connectivity index (χ1n) is 5.89. The number of nitrogen functional groups attached to an aromatic ring is 1. The highest BCUT2D eigenvalue weighted by Gasteiger charge is 2.31. The maximum Gasteiger partial charge on any atom is 0.416 e. The maximum atomic E-state index is 12.6. The van der Waals surface area contributed by atoms with E-state index in [1.165, 1.54) is 0 Å². The Hall–Kier alpha value is -1.54. The number of nitrogens with two attached hydrogens (primary N) is 1. The lowest BCUT2D eigenvalue weighted by Gasteiger charge is -2.32. The molecule has 5 nitrogen and oxygen atoms in total. The lowest BCUT2D eigenvalue weighted by Crippen LogP contribution is -2.47. The minimum atomic E-state index is -4.42. The van der Waals surface area contributed by atoms with Gasteiger partial charge in [0.05, 0.1) is 5.56 Å². The maximum absolute atomic E-state index is 12.6. The highest BCUT2D eigenvalue weighted by Crippen LogP contribution is 2.31. The molecule has 1 saturated heterocycles. The van der Waals surface area contributed by atoms with Crippen LogP contribution in [0.2, 0.25) is 0 Å². The van der Waals surface area contributed by atoms with Crippen LogP contribution >= 0.6 is 0 Å². The summed E-state index contributed by atoms with van der Waals surface area (Å²) in [6, 6.07) is 1.80. The first-order chi connectivity index (χ1) is 8.84. The highest BCUT2D eigenvalue weighted by atomic mass is 19.4. The average molecular weight is 275 g/mol. The van der Waals surface area contributed by atoms with Gasteiger partial charge in [-0.2, -0.15) is 13.2 Å². The molecular weight excluding hydrogens is 259 g/mol. The Labute approximate surface area is 109 Å². The van der Waals surface area contributed by atoms with Crippen molar-refractivity contribution < 1.29 is 13.2 Å². The smallest absolute Gasteiger partial charge is 0.384 e. The van der Waals surface area contributed by atoms with Gasteiger partial charge in [0, 0.05) is 26.2 Å². The van der Waals surface area contributed by atoms with Gasteiger partial charge in [0.15, 0.2) is 0 Å². The summed E-state index contributed by atoms with van der Waals surface area (Å²) in [6.07, 6.45) is -4.42. The van der Waals surface area contributed by atoms with E-state index in [0.717, 1.165) is 25.2 Å². The fourth-order valence-corrected chi connectivity index (χ4v) is 1.85. The van der Waals surface area contributed by atoms with Crippen LogP contribution in [0.4, 0.5) is 24.8 Å². The van der Waals surface area contributed by atoms with Gasteiger partial charge >= 0.3 is 6.18 Å². The normalized spacial score (nSPS) is 18.5. The Balaban J connectivity index is 2.10. The second-order valence-corrected chi connectivity index (χ2v) is 4.57. The van der Waals surface area contributed by atoms with Crippen LogP contribution in [0.3, 0.4) is 0 Å². The number of nitrogens with zero attached hydrogens (tertiary/aromatic N) is 3. The Morgan fingerprint density at radius 3 is 2.42 bits per heavy atom. The highest BCUT2D eigenvalue weighted by molar-refractivity contribution is 5.46. The molecule has 0 unspecified atom stereocenters. The van der Waals surface area contributed by atoms with E-state index in [1.807, 2.05) is 12.1 Å². The third kappa shape index (κ3) is 3.71. The SMILES string of the molecule is CN1CCN(Nc2cc(C(F)(F)F)cc(N)n2)CC1. The van der Waals surface area contributed by atoms with E-state index in [0.29, 0.717) is 13.1 Å². The van der Waals surface area contributed by atoms with Crippen LogP contribution in [0.1, 0.15) is 5.56 Å². The van der Waals surface area contributed by atoms with Crippen molar-refractivity contribution in [2.75, 3.05) is 44.4 Å². The Bertz CT molecular complexity index is 440. The number of alkyl halides is 3. The molecule has 0 saturated carbocycles. The van der Waals surface area contributed by atoms with Crippen LogP contribution in [-0.4, -0.2) is 48.1 Å². The van der Waals surface area contributed by atoms with Crippen molar-refractivity contribution in [3.05, 3.63) is 17.7 Å². The molecule has 8 heteroatoms. The Morgan fingerprint density at radius 1 is 1.21 bits per heavy atom. The quantitative estimate of drug-likeness (QED) is 0.851. The number of halogens is 3. The zero-order valence-corrected chi connectivity index (χ0v) is 10.5. The number of anilines is 2. The van der Waals surface area contributed by atoms with Crippen LogP contribution in [0.15, 0.2) is 12.1 Å². The summed E-state index contributed by atoms with van der Waals surface area (Å²) >= 11 is 0. The van der Waals surface area contributed by atoms with Crippen LogP contribution in [0.25, 0.3) is 0 Å². The van der Waals surface area contributed by atoms with Crippen molar-refractivity contribution in [1.82, 2.24) is 14.9 Å². The van der Waals surface area contributed by atoms with Gasteiger partial charge in [0.25, 0.3) is 0 Å². The molecule has 19 heavy (non-hydrogen) atoms. The second kappa shape index (κ2) is 5.22. The van der Waals surface area contributed by atoms with E-state index in [4.69, 9.17) is 5.73 Å². The van der Waals surface area contributed by atoms with Crippen LogP contribution in [0, 0.1) is 0 Å². The number of hydrogen-bond donors (Lipinski definition) is 2. The van der Waals surface area contributed by atoms with Crippen molar-refractivity contribution in [3.8, 4) is 0 Å². The summed E-state index contributed by atoms with van der Waals surface area (Å²) in [7, 11) is 2.00. The summed E-state index contributed by atoms with van der Waals surface area (Å²) in [4.78, 5) is 6.02. The van der Waals surface area contributed by atoms with Crippen LogP contribution in [0.5, 0.6) is 0 Å². The molecule has 2 rings (SSSR count). The lowest BCUT2D eigenvalue weighted by atomic mass is 10.2. The molecule has 1 aromatic rings. The standard InChI is InChI=1S/C11H16F3N5/c1-18-2-4-19(5-3-18)17-10-7-8(11(12,13)14)6-9(15)16-10/h6-7H,2-5H2,1H3,(H3,15,16,17). The van der Waals surface area contributed by atoms with Gasteiger partial charge in [0.1, 0.15) is 11.6 Å². The van der Waals surface area contributed by atoms with Gasteiger partial charge in [-0.3, -0.25) is 0 Å². The average Bonchev–Trinajstić information content (AvgIpc) is 2.30. The molecule has 2 heterocycles. The van der Waals surface area contributed by atoms with Crippen molar-refractivity contribution >= 4 is 11.6 Å². The van der Waals surface area contributed by atoms with Gasteiger partial charge in [-0.1, -0.05) is 0 Å². The molecular formula is C11H16F3N5. The molecule has 0 aliphatic carbocycles. The number of nitrogens with one attached hydrogen (secondary N) is 1. The van der Waals surface area contributed by atoms with Crippen LogP contribution < -0.4 is 11.2 Å². The molecule has 0 aromatic carbocycles. The number of pyridine rings is 1. The molecule has 0 bridgehead atoms. The third-order valence-corrected chi connectivity index (χ3v) is 2.95. The first-order valence-corrected chi connectivity index (χ1v) is 5.89. The predicted octanol–water partition coefficient (Wildman–Crippen LogP) is 1.26. The van der Waals surface area contributed by atoms with Crippen molar-refractivity contribution in [1.29, 1.82) is 0 Å². The Kier molecular flexibility index (Phi) is 3.81. The van der Waals surface area contributed by atoms with Gasteiger partial charge in [-0.05, 0) is 19.2 Å². The fraction of sp³-hybridized carbons (Fsp3) is 0.545. The van der Waals surface area contributed by atoms with E-state index in [2.05, 4.69) is 15.3 Å². The zero-order valence-electron chi connectivity index (χ0n) is 10.5. The topological polar surface area (TPSA) is 57.4 Å². The van der Waals surface area contributed by atoms with Gasteiger partial charge in [-0.15, -0.1) is 0 Å². The molecule has 0 spiro atoms. The molecule has 0 radical (unpaired) electrons. The van der Waals surface area contributed by atoms with Crippen molar-refractivity contribution in [3.63, 3.8) is 0 Å². The summed E-state index contributed by atoms with van der Waals surface area (Å²) < 4.78 is 37.9. The van der Waals surface area contributed by atoms with E-state index in [1.54, 1.807) is 0 Å². The van der Waals surface area contributed by atoms with Crippen LogP contribution in [-0.2, 0) is 6.18 Å². The number of likely N-dealkylation sites (N-methyl/N-ethyl adjacent to an activating group) is 1. The lowest BCUT2D eigenvalue weighted by molar-refractivity contribution is -0.137. The minimum absolute atomic E-state index is 0.122. The number of hydrogen-bond acceptors (Lipinski definition) is 5. The van der Waals surface area contributed by atoms with E-state index >= 15 is 0 Å². The number of piperazine rings is 1. The summed E-state index contributed by atoms with van der Waals surface area (Å²) in [5.41, 5.74) is 7.48. The van der Waals surface area contributed by atoms with Gasteiger partial charge < -0.3 is 16.1 Å². The number of hydrazine groups is 1. The van der Waals surface area contributed by atoms with E-state index in [-0.39, 0.29) is 11.6 Å². The Morgan fingerprint density at radius 2 is 1.84 bits per heavy atom. The minimum Gasteiger partial charge on any atom is -0.384 e. The zero-order chi connectivity index (χ0) is 14.0. The molecule has 1 aliphatic heterocycles. The largest absolute Gasteiger partial charge is 0.416 e. The van der Waals surface area contributed by atoms with Crippen molar-refractivity contribution in [2.45, 2.75) is 6.18 Å². The molecule has 3 N–H and O–H groups in total. The first kappa shape index (κ1) is 13.9. The fourth-order valence-electron chi connectivity index (χ4n) is 1.85. The monoisotopic (exact) mass is 275 g/mol. The van der Waals surface area contributed by atoms with Crippen molar-refractivity contribution in [2.24, 2.45) is 0 Å². The summed E-state index contributed by atoms with van der Waals surface area (Å²) in [5.74, 6) is -0.0247. The van der Waals surface area contributed by atoms with Gasteiger partial charge in [-0.25, -0.2) is 9.99 Å². The molecule has 0 atom stereocenters. The van der Waals surface area contributed by atoms with E-state index < -0.39 is 11.7 Å². The molecule has 1 aromatic heterocycles. The van der Waals surface area contributed by atoms with E-state index in [9.17, 15) is 13.2 Å².